The third-order valence-corrected chi connectivity index (χ3v) is 5.58. The molecule has 3 aromatic rings. The minimum absolute atomic E-state index is 0.257. The highest BCUT2D eigenvalue weighted by Crippen LogP contribution is 2.26. The normalized spacial score (nSPS) is 16.0. The Labute approximate surface area is 163 Å². The SMILES string of the molecule is Clc1nc(N2CCc3ccccc3C2)nc(N2CCc3ccccc3C2)n1. The lowest BCUT2D eigenvalue weighted by molar-refractivity contribution is 0.680. The Kier molecular flexibility index (Phi) is 4.17. The van der Waals surface area contributed by atoms with E-state index in [4.69, 9.17) is 16.6 Å². The molecule has 0 spiro atoms. The van der Waals surface area contributed by atoms with Crippen LogP contribution in [0.2, 0.25) is 5.28 Å². The third-order valence-electron chi connectivity index (χ3n) is 5.41. The van der Waals surface area contributed by atoms with Gasteiger partial charge in [-0.3, -0.25) is 0 Å². The number of rotatable bonds is 2. The molecule has 0 N–H and O–H groups in total. The molecule has 2 aliphatic heterocycles. The van der Waals surface area contributed by atoms with Gasteiger partial charge in [0, 0.05) is 26.2 Å². The number of benzene rings is 2. The van der Waals surface area contributed by atoms with Crippen LogP contribution in [0.1, 0.15) is 22.3 Å². The number of hydrogen-bond donors (Lipinski definition) is 0. The average molecular weight is 378 g/mol. The summed E-state index contributed by atoms with van der Waals surface area (Å²) < 4.78 is 0. The van der Waals surface area contributed by atoms with E-state index in [0.29, 0.717) is 11.9 Å². The summed E-state index contributed by atoms with van der Waals surface area (Å²) in [5.41, 5.74) is 5.46. The highest BCUT2D eigenvalue weighted by atomic mass is 35.5. The van der Waals surface area contributed by atoms with Gasteiger partial charge in [0.15, 0.2) is 0 Å². The second kappa shape index (κ2) is 6.82. The van der Waals surface area contributed by atoms with E-state index >= 15 is 0 Å². The maximum absolute atomic E-state index is 6.27. The Balaban J connectivity index is 1.43. The zero-order valence-corrected chi connectivity index (χ0v) is 15.7. The molecule has 0 fully saturated rings. The van der Waals surface area contributed by atoms with Crippen molar-refractivity contribution < 1.29 is 0 Å². The Bertz CT molecular complexity index is 914. The summed E-state index contributed by atoms with van der Waals surface area (Å²) in [6.07, 6.45) is 1.98. The Morgan fingerprint density at radius 3 is 1.56 bits per heavy atom. The van der Waals surface area contributed by atoms with E-state index in [1.54, 1.807) is 0 Å². The Hall–Kier alpha value is -2.66. The van der Waals surface area contributed by atoms with Gasteiger partial charge in [0.2, 0.25) is 17.2 Å². The van der Waals surface area contributed by atoms with Crippen molar-refractivity contribution in [2.75, 3.05) is 22.9 Å². The molecule has 0 unspecified atom stereocenters. The van der Waals surface area contributed by atoms with Gasteiger partial charge < -0.3 is 9.80 Å². The number of fused-ring (bicyclic) bond motifs is 2. The second-order valence-electron chi connectivity index (χ2n) is 7.08. The first-order chi connectivity index (χ1) is 13.3. The van der Waals surface area contributed by atoms with Crippen LogP contribution < -0.4 is 9.80 Å². The molecule has 0 aliphatic carbocycles. The standard InChI is InChI=1S/C21H20ClN5/c22-19-23-20(26-11-9-15-5-1-3-7-17(15)13-26)25-21(24-19)27-12-10-16-6-2-4-8-18(16)14-27/h1-8H,9-14H2. The highest BCUT2D eigenvalue weighted by Gasteiger charge is 2.23. The molecule has 3 heterocycles. The number of nitrogens with zero attached hydrogens (tertiary/aromatic N) is 5. The maximum atomic E-state index is 6.27. The van der Waals surface area contributed by atoms with Gasteiger partial charge in [-0.2, -0.15) is 15.0 Å². The summed E-state index contributed by atoms with van der Waals surface area (Å²) in [5.74, 6) is 1.33. The van der Waals surface area contributed by atoms with Crippen molar-refractivity contribution in [3.8, 4) is 0 Å². The minimum Gasteiger partial charge on any atom is -0.336 e. The molecular weight excluding hydrogens is 358 g/mol. The fraction of sp³-hybridized carbons (Fsp3) is 0.286. The van der Waals surface area contributed by atoms with Crippen molar-refractivity contribution in [3.05, 3.63) is 76.1 Å². The second-order valence-corrected chi connectivity index (χ2v) is 7.42. The fourth-order valence-electron chi connectivity index (χ4n) is 3.95. The van der Waals surface area contributed by atoms with E-state index in [1.165, 1.54) is 22.3 Å². The van der Waals surface area contributed by atoms with Crippen LogP contribution in [0.15, 0.2) is 48.5 Å². The molecule has 0 saturated heterocycles. The van der Waals surface area contributed by atoms with E-state index in [-0.39, 0.29) is 5.28 Å². The zero-order chi connectivity index (χ0) is 18.2. The van der Waals surface area contributed by atoms with Gasteiger partial charge in [0.25, 0.3) is 0 Å². The minimum atomic E-state index is 0.257. The summed E-state index contributed by atoms with van der Waals surface area (Å²) in [7, 11) is 0. The van der Waals surface area contributed by atoms with Crippen molar-refractivity contribution in [1.29, 1.82) is 0 Å². The molecule has 0 bridgehead atoms. The maximum Gasteiger partial charge on any atom is 0.231 e. The number of halogens is 1. The fourth-order valence-corrected chi connectivity index (χ4v) is 4.10. The number of aromatic nitrogens is 3. The van der Waals surface area contributed by atoms with Gasteiger partial charge in [0.1, 0.15) is 0 Å². The lowest BCUT2D eigenvalue weighted by Crippen LogP contribution is -2.34. The van der Waals surface area contributed by atoms with E-state index in [9.17, 15) is 0 Å². The molecule has 0 radical (unpaired) electrons. The zero-order valence-electron chi connectivity index (χ0n) is 15.0. The van der Waals surface area contributed by atoms with Crippen LogP contribution in [-0.4, -0.2) is 28.0 Å². The summed E-state index contributed by atoms with van der Waals surface area (Å²) in [6, 6.07) is 17.1. The molecule has 136 valence electrons. The molecular formula is C21H20ClN5. The van der Waals surface area contributed by atoms with Gasteiger partial charge >= 0.3 is 0 Å². The highest BCUT2D eigenvalue weighted by molar-refractivity contribution is 6.28. The van der Waals surface area contributed by atoms with Crippen LogP contribution in [0, 0.1) is 0 Å². The van der Waals surface area contributed by atoms with Crippen LogP contribution in [-0.2, 0) is 25.9 Å². The molecule has 0 atom stereocenters. The lowest BCUT2D eigenvalue weighted by Gasteiger charge is -2.31. The molecule has 1 aromatic heterocycles. The van der Waals surface area contributed by atoms with Crippen molar-refractivity contribution in [1.82, 2.24) is 15.0 Å². The first-order valence-corrected chi connectivity index (χ1v) is 9.69. The van der Waals surface area contributed by atoms with Crippen LogP contribution in [0.5, 0.6) is 0 Å². The quantitative estimate of drug-likeness (QED) is 0.682. The monoisotopic (exact) mass is 377 g/mol. The van der Waals surface area contributed by atoms with Crippen molar-refractivity contribution in [3.63, 3.8) is 0 Å². The molecule has 6 heteroatoms. The van der Waals surface area contributed by atoms with E-state index < -0.39 is 0 Å². The molecule has 27 heavy (non-hydrogen) atoms. The number of hydrogen-bond acceptors (Lipinski definition) is 5. The first kappa shape index (κ1) is 16.5. The summed E-state index contributed by atoms with van der Waals surface area (Å²) in [6.45, 7) is 3.39. The smallest absolute Gasteiger partial charge is 0.231 e. The van der Waals surface area contributed by atoms with E-state index in [1.807, 2.05) is 0 Å². The largest absolute Gasteiger partial charge is 0.336 e. The van der Waals surface area contributed by atoms with Crippen LogP contribution in [0.3, 0.4) is 0 Å². The third kappa shape index (κ3) is 3.23. The van der Waals surface area contributed by atoms with Gasteiger partial charge in [0.05, 0.1) is 0 Å². The van der Waals surface area contributed by atoms with Crippen LogP contribution >= 0.6 is 11.6 Å². The lowest BCUT2D eigenvalue weighted by atomic mass is 10.0. The first-order valence-electron chi connectivity index (χ1n) is 9.31. The predicted molar refractivity (Wildman–Crippen MR) is 107 cm³/mol. The van der Waals surface area contributed by atoms with Crippen molar-refractivity contribution in [2.45, 2.75) is 25.9 Å². The van der Waals surface area contributed by atoms with Gasteiger partial charge in [-0.25, -0.2) is 0 Å². The molecule has 5 rings (SSSR count). The topological polar surface area (TPSA) is 45.2 Å². The molecule has 0 amide bonds. The molecule has 2 aromatic carbocycles. The molecule has 2 aliphatic rings. The van der Waals surface area contributed by atoms with Crippen molar-refractivity contribution in [2.24, 2.45) is 0 Å². The summed E-state index contributed by atoms with van der Waals surface area (Å²) in [4.78, 5) is 18.0. The van der Waals surface area contributed by atoms with Gasteiger partial charge in [-0.1, -0.05) is 48.5 Å². The van der Waals surface area contributed by atoms with E-state index in [0.717, 1.165) is 39.0 Å². The molecule has 0 saturated carbocycles. The van der Waals surface area contributed by atoms with Gasteiger partial charge in [-0.15, -0.1) is 0 Å². The predicted octanol–water partition coefficient (Wildman–Crippen LogP) is 3.65. The van der Waals surface area contributed by atoms with Crippen molar-refractivity contribution >= 4 is 23.5 Å². The van der Waals surface area contributed by atoms with E-state index in [2.05, 4.69) is 68.3 Å². The average Bonchev–Trinajstić information content (AvgIpc) is 2.72. The van der Waals surface area contributed by atoms with Gasteiger partial charge in [-0.05, 0) is 46.7 Å². The Morgan fingerprint density at radius 1 is 0.630 bits per heavy atom. The molecule has 5 nitrogen and oxygen atoms in total. The van der Waals surface area contributed by atoms with Crippen LogP contribution in [0.25, 0.3) is 0 Å². The number of anilines is 2. The summed E-state index contributed by atoms with van der Waals surface area (Å²) >= 11 is 6.27. The Morgan fingerprint density at radius 2 is 1.07 bits per heavy atom. The van der Waals surface area contributed by atoms with Crippen LogP contribution in [0.4, 0.5) is 11.9 Å². The summed E-state index contributed by atoms with van der Waals surface area (Å²) in [5, 5.41) is 0.257.